The van der Waals surface area contributed by atoms with E-state index in [9.17, 15) is 27.2 Å². The third-order valence-corrected chi connectivity index (χ3v) is 1.35. The Balaban J connectivity index is 0.00000169. The zero-order valence-corrected chi connectivity index (χ0v) is 7.21. The monoisotopic (exact) mass is 230 g/mol. The van der Waals surface area contributed by atoms with Crippen LogP contribution in [0.4, 0.5) is 17.6 Å². The molecule has 2 nitrogen and oxygen atoms in total. The minimum Gasteiger partial charge on any atom is -0.289 e. The summed E-state index contributed by atoms with van der Waals surface area (Å²) in [4.78, 5) is 21.0. The van der Waals surface area contributed by atoms with E-state index in [0.717, 1.165) is 0 Å². The Bertz CT molecular complexity index is 340. The number of halogens is 5. The van der Waals surface area contributed by atoms with Gasteiger partial charge >= 0.3 is 6.18 Å². The van der Waals surface area contributed by atoms with Crippen molar-refractivity contribution in [2.45, 2.75) is 6.18 Å². The molecule has 0 aromatic rings. The number of ketones is 2. The van der Waals surface area contributed by atoms with Crippen molar-refractivity contribution in [3.8, 4) is 0 Å². The van der Waals surface area contributed by atoms with Crippen LogP contribution in [0.5, 0.6) is 0 Å². The van der Waals surface area contributed by atoms with Crippen LogP contribution in [0.25, 0.3) is 0 Å². The maximum absolute atomic E-state index is 12.5. The SMILES string of the molecule is Cl.O=C1C=CC(=O)C(C(F)(F)F)=C1F. The summed E-state index contributed by atoms with van der Waals surface area (Å²) in [5, 5.41) is 0. The van der Waals surface area contributed by atoms with Gasteiger partial charge in [0.25, 0.3) is 0 Å². The van der Waals surface area contributed by atoms with E-state index >= 15 is 0 Å². The summed E-state index contributed by atoms with van der Waals surface area (Å²) >= 11 is 0. The van der Waals surface area contributed by atoms with E-state index in [2.05, 4.69) is 0 Å². The first-order chi connectivity index (χ1) is 5.84. The Morgan fingerprint density at radius 3 is 1.79 bits per heavy atom. The smallest absolute Gasteiger partial charge is 0.289 e. The molecule has 0 spiro atoms. The second-order valence-electron chi connectivity index (χ2n) is 2.25. The first-order valence-electron chi connectivity index (χ1n) is 3.07. The summed E-state index contributed by atoms with van der Waals surface area (Å²) < 4.78 is 48.3. The van der Waals surface area contributed by atoms with E-state index in [4.69, 9.17) is 0 Å². The molecular formula is C7H3ClF4O2. The molecule has 1 aliphatic rings. The molecule has 0 fully saturated rings. The van der Waals surface area contributed by atoms with Crippen LogP contribution in [-0.2, 0) is 9.59 Å². The topological polar surface area (TPSA) is 34.1 Å². The quantitative estimate of drug-likeness (QED) is 0.471. The molecule has 0 radical (unpaired) electrons. The summed E-state index contributed by atoms with van der Waals surface area (Å²) in [7, 11) is 0. The maximum atomic E-state index is 12.5. The van der Waals surface area contributed by atoms with Crippen LogP contribution in [0, 0.1) is 0 Å². The van der Waals surface area contributed by atoms with Crippen LogP contribution in [-0.4, -0.2) is 17.7 Å². The van der Waals surface area contributed by atoms with Crippen molar-refractivity contribution in [1.82, 2.24) is 0 Å². The molecule has 0 unspecified atom stereocenters. The maximum Gasteiger partial charge on any atom is 0.423 e. The van der Waals surface area contributed by atoms with Gasteiger partial charge in [-0.25, -0.2) is 4.39 Å². The molecule has 78 valence electrons. The molecule has 1 aliphatic carbocycles. The molecule has 0 bridgehead atoms. The van der Waals surface area contributed by atoms with E-state index < -0.39 is 29.1 Å². The number of carbonyl (C=O) groups excluding carboxylic acids is 2. The van der Waals surface area contributed by atoms with Gasteiger partial charge in [-0.2, -0.15) is 13.2 Å². The van der Waals surface area contributed by atoms with Crippen molar-refractivity contribution in [2.24, 2.45) is 0 Å². The standard InChI is InChI=1S/C7H2F4O2.ClH/c8-6-4(13)2-1-3(12)5(6)7(9,10)11;/h1-2H;1H. The van der Waals surface area contributed by atoms with Crippen LogP contribution in [0.3, 0.4) is 0 Å². The lowest BCUT2D eigenvalue weighted by molar-refractivity contribution is -0.129. The largest absolute Gasteiger partial charge is 0.423 e. The molecule has 1 rings (SSSR count). The molecule has 0 N–H and O–H groups in total. The lowest BCUT2D eigenvalue weighted by Gasteiger charge is -2.11. The zero-order valence-electron chi connectivity index (χ0n) is 6.39. The fraction of sp³-hybridized carbons (Fsp3) is 0.143. The zero-order chi connectivity index (χ0) is 10.2. The molecule has 0 saturated carbocycles. The molecule has 0 aromatic carbocycles. The Hall–Kier alpha value is -1.17. The van der Waals surface area contributed by atoms with E-state index in [1.807, 2.05) is 0 Å². The van der Waals surface area contributed by atoms with Gasteiger partial charge < -0.3 is 0 Å². The van der Waals surface area contributed by atoms with Crippen molar-refractivity contribution >= 4 is 24.0 Å². The number of allylic oxidation sites excluding steroid dienone is 4. The fourth-order valence-electron chi connectivity index (χ4n) is 0.803. The van der Waals surface area contributed by atoms with Crippen LogP contribution < -0.4 is 0 Å². The van der Waals surface area contributed by atoms with Crippen molar-refractivity contribution in [2.75, 3.05) is 0 Å². The number of hydrogen-bond acceptors (Lipinski definition) is 2. The van der Waals surface area contributed by atoms with Gasteiger partial charge in [-0.05, 0) is 12.2 Å². The van der Waals surface area contributed by atoms with Gasteiger partial charge in [0.15, 0.2) is 11.6 Å². The second-order valence-corrected chi connectivity index (χ2v) is 2.25. The average molecular weight is 231 g/mol. The van der Waals surface area contributed by atoms with Gasteiger partial charge in [0.2, 0.25) is 5.78 Å². The third-order valence-electron chi connectivity index (χ3n) is 1.35. The molecule has 0 heterocycles. The normalized spacial score (nSPS) is 17.1. The molecule has 0 aliphatic heterocycles. The molecule has 7 heteroatoms. The highest BCUT2D eigenvalue weighted by Gasteiger charge is 2.43. The van der Waals surface area contributed by atoms with E-state index in [0.29, 0.717) is 12.2 Å². The van der Waals surface area contributed by atoms with Crippen molar-refractivity contribution < 1.29 is 27.2 Å². The summed E-state index contributed by atoms with van der Waals surface area (Å²) in [6.45, 7) is 0. The first kappa shape index (κ1) is 12.8. The summed E-state index contributed by atoms with van der Waals surface area (Å²) in [6.07, 6.45) is -4.26. The lowest BCUT2D eigenvalue weighted by Crippen LogP contribution is -2.24. The number of alkyl halides is 3. The van der Waals surface area contributed by atoms with Gasteiger partial charge in [-0.1, -0.05) is 0 Å². The Labute approximate surface area is 81.7 Å². The van der Waals surface area contributed by atoms with Crippen LogP contribution in [0.1, 0.15) is 0 Å². The minimum atomic E-state index is -5.12. The summed E-state index contributed by atoms with van der Waals surface area (Å²) in [5.41, 5.74) is -2.03. The highest BCUT2D eigenvalue weighted by Crippen LogP contribution is 2.32. The van der Waals surface area contributed by atoms with Crippen molar-refractivity contribution in [3.05, 3.63) is 23.6 Å². The van der Waals surface area contributed by atoms with Crippen LogP contribution in [0.15, 0.2) is 23.6 Å². The first-order valence-corrected chi connectivity index (χ1v) is 3.07. The van der Waals surface area contributed by atoms with Gasteiger partial charge in [0, 0.05) is 0 Å². The number of hydrogen-bond donors (Lipinski definition) is 0. The predicted octanol–water partition coefficient (Wildman–Crippen LogP) is 1.90. The summed E-state index contributed by atoms with van der Waals surface area (Å²) in [5.74, 6) is -5.02. The molecule has 0 aromatic heterocycles. The second kappa shape index (κ2) is 3.91. The molecule has 0 amide bonds. The molecule has 0 saturated heterocycles. The fourth-order valence-corrected chi connectivity index (χ4v) is 0.803. The average Bonchev–Trinajstić information content (AvgIpc) is 1.95. The van der Waals surface area contributed by atoms with Crippen molar-refractivity contribution in [3.63, 3.8) is 0 Å². The van der Waals surface area contributed by atoms with Gasteiger partial charge in [0.1, 0.15) is 5.57 Å². The molecule has 14 heavy (non-hydrogen) atoms. The van der Waals surface area contributed by atoms with E-state index in [1.165, 1.54) is 0 Å². The van der Waals surface area contributed by atoms with Gasteiger partial charge in [-0.3, -0.25) is 9.59 Å². The van der Waals surface area contributed by atoms with Crippen molar-refractivity contribution in [1.29, 1.82) is 0 Å². The van der Waals surface area contributed by atoms with Crippen LogP contribution in [0.2, 0.25) is 0 Å². The highest BCUT2D eigenvalue weighted by atomic mass is 35.5. The molecule has 0 atom stereocenters. The predicted molar refractivity (Wildman–Crippen MR) is 40.6 cm³/mol. The van der Waals surface area contributed by atoms with E-state index in [1.54, 1.807) is 0 Å². The Kier molecular flexibility index (Phi) is 3.59. The highest BCUT2D eigenvalue weighted by molar-refractivity contribution is 6.19. The number of carbonyl (C=O) groups is 2. The Morgan fingerprint density at radius 1 is 1.00 bits per heavy atom. The number of rotatable bonds is 0. The van der Waals surface area contributed by atoms with Gasteiger partial charge in [-0.15, -0.1) is 12.4 Å². The van der Waals surface area contributed by atoms with E-state index in [-0.39, 0.29) is 12.4 Å². The molecular weight excluding hydrogens is 228 g/mol. The Morgan fingerprint density at radius 2 is 1.43 bits per heavy atom. The third kappa shape index (κ3) is 2.20. The van der Waals surface area contributed by atoms with Gasteiger partial charge in [0.05, 0.1) is 0 Å². The minimum absolute atomic E-state index is 0. The van der Waals surface area contributed by atoms with Crippen LogP contribution >= 0.6 is 12.4 Å². The lowest BCUT2D eigenvalue weighted by atomic mass is 10.0. The summed E-state index contributed by atoms with van der Waals surface area (Å²) in [6, 6.07) is 0.